The fraction of sp³-hybridized carbons (Fsp3) is 0.353. The van der Waals surface area contributed by atoms with Crippen molar-refractivity contribution in [2.45, 2.75) is 6.92 Å². The molecule has 118 valence electrons. The minimum atomic E-state index is 1.000. The predicted molar refractivity (Wildman–Crippen MR) is 95.0 cm³/mol. The Labute approximate surface area is 139 Å². The van der Waals surface area contributed by atoms with Gasteiger partial charge in [-0.3, -0.25) is 0 Å². The van der Waals surface area contributed by atoms with Gasteiger partial charge in [-0.15, -0.1) is 11.3 Å². The number of rotatable bonds is 3. The summed E-state index contributed by atoms with van der Waals surface area (Å²) in [6.45, 7) is 7.70. The van der Waals surface area contributed by atoms with Gasteiger partial charge >= 0.3 is 0 Å². The molecule has 0 unspecified atom stereocenters. The second-order valence-corrected chi connectivity index (χ2v) is 6.79. The topological polar surface area (TPSA) is 45.2 Å². The Morgan fingerprint density at radius 3 is 2.65 bits per heavy atom. The number of anilines is 1. The van der Waals surface area contributed by atoms with Crippen LogP contribution in [0.4, 0.5) is 5.82 Å². The van der Waals surface area contributed by atoms with Crippen LogP contribution in [-0.4, -0.2) is 52.6 Å². The third-order valence-electron chi connectivity index (χ3n) is 4.37. The van der Waals surface area contributed by atoms with Crippen LogP contribution in [0.25, 0.3) is 20.7 Å². The van der Waals surface area contributed by atoms with Crippen LogP contribution in [0, 0.1) is 0 Å². The van der Waals surface area contributed by atoms with Crippen molar-refractivity contribution in [2.24, 2.45) is 0 Å². The number of hydrogen-bond donors (Lipinski definition) is 0. The first-order valence-electron chi connectivity index (χ1n) is 7.97. The van der Waals surface area contributed by atoms with Crippen molar-refractivity contribution in [3.05, 3.63) is 36.9 Å². The van der Waals surface area contributed by atoms with Gasteiger partial charge in [0.05, 0.1) is 10.2 Å². The van der Waals surface area contributed by atoms with E-state index in [4.69, 9.17) is 0 Å². The highest BCUT2D eigenvalue weighted by Crippen LogP contribution is 2.32. The van der Waals surface area contributed by atoms with Crippen molar-refractivity contribution in [1.82, 2.24) is 19.9 Å². The SMILES string of the molecule is CCN1CCN(c2ccc(-c3cc4ncncc4s3)cn2)CC1. The molecule has 0 atom stereocenters. The van der Waals surface area contributed by atoms with E-state index in [-0.39, 0.29) is 0 Å². The molecule has 0 amide bonds. The summed E-state index contributed by atoms with van der Waals surface area (Å²) >= 11 is 1.71. The molecule has 0 spiro atoms. The van der Waals surface area contributed by atoms with E-state index in [1.54, 1.807) is 17.7 Å². The molecule has 3 aromatic rings. The molecule has 5 nitrogen and oxygen atoms in total. The molecular formula is C17H19N5S. The highest BCUT2D eigenvalue weighted by Gasteiger charge is 2.16. The molecule has 0 aliphatic carbocycles. The first kappa shape index (κ1) is 14.5. The van der Waals surface area contributed by atoms with Gasteiger partial charge in [0, 0.05) is 49.0 Å². The molecular weight excluding hydrogens is 306 g/mol. The summed E-state index contributed by atoms with van der Waals surface area (Å²) in [5.41, 5.74) is 2.14. The van der Waals surface area contributed by atoms with E-state index in [0.29, 0.717) is 0 Å². The highest BCUT2D eigenvalue weighted by atomic mass is 32.1. The van der Waals surface area contributed by atoms with E-state index in [9.17, 15) is 0 Å². The van der Waals surface area contributed by atoms with Crippen LogP contribution < -0.4 is 4.90 Å². The first-order valence-corrected chi connectivity index (χ1v) is 8.78. The summed E-state index contributed by atoms with van der Waals surface area (Å²) in [4.78, 5) is 19.1. The third kappa shape index (κ3) is 2.92. The fourth-order valence-corrected chi connectivity index (χ4v) is 3.92. The molecule has 3 aromatic heterocycles. The number of hydrogen-bond acceptors (Lipinski definition) is 6. The number of fused-ring (bicyclic) bond motifs is 1. The number of aromatic nitrogens is 3. The van der Waals surface area contributed by atoms with Gasteiger partial charge in [0.2, 0.25) is 0 Å². The lowest BCUT2D eigenvalue weighted by Crippen LogP contribution is -2.46. The van der Waals surface area contributed by atoms with Gasteiger partial charge in [-0.2, -0.15) is 0 Å². The Kier molecular flexibility index (Phi) is 3.93. The molecule has 0 N–H and O–H groups in total. The average Bonchev–Trinajstić information content (AvgIpc) is 3.06. The second kappa shape index (κ2) is 6.22. The zero-order valence-corrected chi connectivity index (χ0v) is 14.0. The van der Waals surface area contributed by atoms with E-state index in [2.05, 4.69) is 49.9 Å². The van der Waals surface area contributed by atoms with Crippen molar-refractivity contribution in [3.63, 3.8) is 0 Å². The Balaban J connectivity index is 1.54. The maximum atomic E-state index is 4.68. The van der Waals surface area contributed by atoms with Crippen LogP contribution in [0.1, 0.15) is 6.92 Å². The Hall–Kier alpha value is -2.05. The van der Waals surface area contributed by atoms with Crippen LogP contribution >= 0.6 is 11.3 Å². The molecule has 1 aliphatic heterocycles. The number of nitrogens with zero attached hydrogens (tertiary/aromatic N) is 5. The summed E-state index contributed by atoms with van der Waals surface area (Å²) in [5, 5.41) is 0. The predicted octanol–water partition coefficient (Wildman–Crippen LogP) is 2.90. The van der Waals surface area contributed by atoms with E-state index in [0.717, 1.165) is 54.3 Å². The smallest absolute Gasteiger partial charge is 0.128 e. The molecule has 4 heterocycles. The molecule has 4 rings (SSSR count). The summed E-state index contributed by atoms with van der Waals surface area (Å²) in [6, 6.07) is 6.40. The zero-order valence-electron chi connectivity index (χ0n) is 13.1. The summed E-state index contributed by atoms with van der Waals surface area (Å²) in [5.74, 6) is 1.07. The van der Waals surface area contributed by atoms with Crippen molar-refractivity contribution >= 4 is 27.4 Å². The number of piperazine rings is 1. The van der Waals surface area contributed by atoms with Gasteiger partial charge in [-0.25, -0.2) is 15.0 Å². The van der Waals surface area contributed by atoms with Crippen molar-refractivity contribution in [1.29, 1.82) is 0 Å². The molecule has 0 saturated carbocycles. The van der Waals surface area contributed by atoms with Crippen molar-refractivity contribution < 1.29 is 0 Å². The average molecular weight is 325 g/mol. The molecule has 1 saturated heterocycles. The Bertz CT molecular complexity index is 757. The molecule has 1 aliphatic rings. The molecule has 0 radical (unpaired) electrons. The first-order chi connectivity index (χ1) is 11.3. The van der Waals surface area contributed by atoms with Gasteiger partial charge in [-0.1, -0.05) is 6.92 Å². The van der Waals surface area contributed by atoms with Crippen molar-refractivity contribution in [3.8, 4) is 10.4 Å². The lowest BCUT2D eigenvalue weighted by molar-refractivity contribution is 0.270. The normalized spacial score (nSPS) is 16.1. The molecule has 6 heteroatoms. The summed E-state index contributed by atoms with van der Waals surface area (Å²) < 4.78 is 1.11. The van der Waals surface area contributed by atoms with Gasteiger partial charge in [0.15, 0.2) is 0 Å². The molecule has 0 bridgehead atoms. The molecule has 0 aromatic carbocycles. The molecule has 23 heavy (non-hydrogen) atoms. The second-order valence-electron chi connectivity index (χ2n) is 5.71. The van der Waals surface area contributed by atoms with Gasteiger partial charge in [0.25, 0.3) is 0 Å². The standard InChI is InChI=1S/C17H19N5S/c1-2-21-5-7-22(8-6-21)17-4-3-13(10-19-17)15-9-14-16(23-15)11-18-12-20-14/h3-4,9-12H,2,5-8H2,1H3. The van der Waals surface area contributed by atoms with Crippen LogP contribution in [0.3, 0.4) is 0 Å². The van der Waals surface area contributed by atoms with E-state index >= 15 is 0 Å². The van der Waals surface area contributed by atoms with E-state index < -0.39 is 0 Å². The van der Waals surface area contributed by atoms with E-state index in [1.165, 1.54) is 4.88 Å². The number of likely N-dealkylation sites (N-methyl/N-ethyl adjacent to an activating group) is 1. The van der Waals surface area contributed by atoms with E-state index in [1.807, 2.05) is 12.4 Å². The maximum Gasteiger partial charge on any atom is 0.128 e. The zero-order chi connectivity index (χ0) is 15.6. The van der Waals surface area contributed by atoms with Gasteiger partial charge in [0.1, 0.15) is 12.1 Å². The maximum absolute atomic E-state index is 4.68. The van der Waals surface area contributed by atoms with Crippen molar-refractivity contribution in [2.75, 3.05) is 37.6 Å². The quantitative estimate of drug-likeness (QED) is 0.741. The van der Waals surface area contributed by atoms with Gasteiger partial charge < -0.3 is 9.80 Å². The van der Waals surface area contributed by atoms with Crippen LogP contribution in [0.15, 0.2) is 36.9 Å². The number of pyridine rings is 1. The largest absolute Gasteiger partial charge is 0.354 e. The minimum Gasteiger partial charge on any atom is -0.354 e. The van der Waals surface area contributed by atoms with Crippen LogP contribution in [0.5, 0.6) is 0 Å². The highest BCUT2D eigenvalue weighted by molar-refractivity contribution is 7.22. The fourth-order valence-electron chi connectivity index (χ4n) is 2.94. The minimum absolute atomic E-state index is 1.000. The summed E-state index contributed by atoms with van der Waals surface area (Å²) in [6.07, 6.45) is 5.43. The van der Waals surface area contributed by atoms with Crippen LogP contribution in [0.2, 0.25) is 0 Å². The summed E-state index contributed by atoms with van der Waals surface area (Å²) in [7, 11) is 0. The Morgan fingerprint density at radius 2 is 1.96 bits per heavy atom. The monoisotopic (exact) mass is 325 g/mol. The lowest BCUT2D eigenvalue weighted by Gasteiger charge is -2.34. The van der Waals surface area contributed by atoms with Gasteiger partial charge in [-0.05, 0) is 24.7 Å². The molecule has 1 fully saturated rings. The lowest BCUT2D eigenvalue weighted by atomic mass is 10.2. The Morgan fingerprint density at radius 1 is 1.09 bits per heavy atom. The van der Waals surface area contributed by atoms with Crippen LogP contribution in [-0.2, 0) is 0 Å². The third-order valence-corrected chi connectivity index (χ3v) is 5.48. The number of thiophene rings is 1.